The van der Waals surface area contributed by atoms with Crippen molar-refractivity contribution in [3.8, 4) is 16.9 Å². The van der Waals surface area contributed by atoms with Gasteiger partial charge in [0.1, 0.15) is 11.4 Å². The second-order valence-electron chi connectivity index (χ2n) is 4.12. The summed E-state index contributed by atoms with van der Waals surface area (Å²) >= 11 is 0. The van der Waals surface area contributed by atoms with Gasteiger partial charge in [0.2, 0.25) is 0 Å². The van der Waals surface area contributed by atoms with E-state index >= 15 is 0 Å². The van der Waals surface area contributed by atoms with Crippen molar-refractivity contribution in [1.29, 1.82) is 0 Å². The monoisotopic (exact) mass is 259 g/mol. The Labute approximate surface area is 112 Å². The highest BCUT2D eigenvalue weighted by Crippen LogP contribution is 2.35. The third-order valence-corrected chi connectivity index (χ3v) is 2.90. The van der Waals surface area contributed by atoms with E-state index < -0.39 is 0 Å². The van der Waals surface area contributed by atoms with Gasteiger partial charge in [0.25, 0.3) is 0 Å². The van der Waals surface area contributed by atoms with E-state index in [1.807, 2.05) is 30.3 Å². The largest absolute Gasteiger partial charge is 0.494 e. The van der Waals surface area contributed by atoms with Crippen LogP contribution in [0, 0.1) is 0 Å². The summed E-state index contributed by atoms with van der Waals surface area (Å²) in [6, 6.07) is 9.68. The van der Waals surface area contributed by atoms with Crippen molar-refractivity contribution in [2.24, 2.45) is 7.05 Å². The standard InChI is InChI=1S/C15H17NO3/c1-4-19-15(17)14-13(11-8-6-5-7-9-11)12(18-3)10-16(14)2/h5-10H,4H2,1-3H3. The minimum Gasteiger partial charge on any atom is -0.494 e. The molecule has 4 heteroatoms. The summed E-state index contributed by atoms with van der Waals surface area (Å²) in [7, 11) is 3.40. The molecule has 1 heterocycles. The molecule has 0 aliphatic heterocycles. The first-order valence-electron chi connectivity index (χ1n) is 6.14. The SMILES string of the molecule is CCOC(=O)c1c(-c2ccccc2)c(OC)cn1C. The van der Waals surface area contributed by atoms with E-state index in [0.29, 0.717) is 18.1 Å². The molecule has 2 aromatic rings. The number of aromatic nitrogens is 1. The van der Waals surface area contributed by atoms with Crippen LogP contribution in [0.2, 0.25) is 0 Å². The van der Waals surface area contributed by atoms with Gasteiger partial charge in [0.05, 0.1) is 19.3 Å². The molecule has 100 valence electrons. The Balaban J connectivity index is 2.60. The third kappa shape index (κ3) is 2.47. The summed E-state index contributed by atoms with van der Waals surface area (Å²) in [4.78, 5) is 12.1. The van der Waals surface area contributed by atoms with E-state index in [1.165, 1.54) is 0 Å². The minimum absolute atomic E-state index is 0.341. The van der Waals surface area contributed by atoms with Crippen LogP contribution >= 0.6 is 0 Å². The topological polar surface area (TPSA) is 40.5 Å². The molecule has 0 aliphatic rings. The van der Waals surface area contributed by atoms with Crippen molar-refractivity contribution < 1.29 is 14.3 Å². The van der Waals surface area contributed by atoms with Gasteiger partial charge in [0.15, 0.2) is 0 Å². The Morgan fingerprint density at radius 1 is 1.26 bits per heavy atom. The van der Waals surface area contributed by atoms with Crippen LogP contribution in [0.15, 0.2) is 36.5 Å². The molecule has 2 rings (SSSR count). The first-order chi connectivity index (χ1) is 9.19. The van der Waals surface area contributed by atoms with Gasteiger partial charge in [-0.2, -0.15) is 0 Å². The van der Waals surface area contributed by atoms with Crippen LogP contribution in [0.5, 0.6) is 5.75 Å². The van der Waals surface area contributed by atoms with Crippen LogP contribution in [0.25, 0.3) is 11.1 Å². The molecular formula is C15H17NO3. The number of nitrogens with zero attached hydrogens (tertiary/aromatic N) is 1. The highest BCUT2D eigenvalue weighted by molar-refractivity contribution is 5.98. The van der Waals surface area contributed by atoms with Crippen LogP contribution in [-0.2, 0) is 11.8 Å². The number of carbonyl (C=O) groups excluding carboxylic acids is 1. The quantitative estimate of drug-likeness (QED) is 0.793. The fourth-order valence-electron chi connectivity index (χ4n) is 2.08. The highest BCUT2D eigenvalue weighted by Gasteiger charge is 2.23. The molecular weight excluding hydrogens is 242 g/mol. The maximum Gasteiger partial charge on any atom is 0.355 e. The lowest BCUT2D eigenvalue weighted by Crippen LogP contribution is -2.10. The molecule has 0 aliphatic carbocycles. The predicted octanol–water partition coefficient (Wildman–Crippen LogP) is 2.88. The smallest absolute Gasteiger partial charge is 0.355 e. The molecule has 0 unspecified atom stereocenters. The third-order valence-electron chi connectivity index (χ3n) is 2.90. The molecule has 4 nitrogen and oxygen atoms in total. The molecule has 0 amide bonds. The van der Waals surface area contributed by atoms with Crippen LogP contribution in [0.1, 0.15) is 17.4 Å². The van der Waals surface area contributed by atoms with Gasteiger partial charge < -0.3 is 14.0 Å². The van der Waals surface area contributed by atoms with Crippen LogP contribution in [0.4, 0.5) is 0 Å². The first kappa shape index (κ1) is 13.2. The predicted molar refractivity (Wildman–Crippen MR) is 73.4 cm³/mol. The maximum atomic E-state index is 12.1. The Morgan fingerprint density at radius 2 is 1.95 bits per heavy atom. The maximum absolute atomic E-state index is 12.1. The number of aryl methyl sites for hydroxylation is 1. The molecule has 0 radical (unpaired) electrons. The van der Waals surface area contributed by atoms with Crippen molar-refractivity contribution in [3.63, 3.8) is 0 Å². The molecule has 0 atom stereocenters. The van der Waals surface area contributed by atoms with Crippen molar-refractivity contribution in [3.05, 3.63) is 42.2 Å². The van der Waals surface area contributed by atoms with Crippen molar-refractivity contribution in [2.45, 2.75) is 6.92 Å². The second kappa shape index (κ2) is 5.61. The van der Waals surface area contributed by atoms with Crippen molar-refractivity contribution >= 4 is 5.97 Å². The van der Waals surface area contributed by atoms with Gasteiger partial charge in [-0.3, -0.25) is 0 Å². The lowest BCUT2D eigenvalue weighted by Gasteiger charge is -2.08. The molecule has 0 bridgehead atoms. The summed E-state index contributed by atoms with van der Waals surface area (Å²) in [6.07, 6.45) is 1.79. The summed E-state index contributed by atoms with van der Waals surface area (Å²) in [5.74, 6) is 0.323. The number of esters is 1. The van der Waals surface area contributed by atoms with E-state index in [9.17, 15) is 4.79 Å². The summed E-state index contributed by atoms with van der Waals surface area (Å²) < 4.78 is 12.2. The first-order valence-corrected chi connectivity index (χ1v) is 6.14. The Hall–Kier alpha value is -2.23. The fourth-order valence-corrected chi connectivity index (χ4v) is 2.08. The number of carbonyl (C=O) groups is 1. The van der Waals surface area contributed by atoms with E-state index in [1.54, 1.807) is 31.8 Å². The van der Waals surface area contributed by atoms with Crippen LogP contribution in [-0.4, -0.2) is 24.3 Å². The van der Waals surface area contributed by atoms with Crippen molar-refractivity contribution in [2.75, 3.05) is 13.7 Å². The van der Waals surface area contributed by atoms with Gasteiger partial charge in [-0.05, 0) is 12.5 Å². The Bertz CT molecular complexity index is 573. The van der Waals surface area contributed by atoms with E-state index in [2.05, 4.69) is 0 Å². The molecule has 1 aromatic carbocycles. The van der Waals surface area contributed by atoms with E-state index in [-0.39, 0.29) is 5.97 Å². The molecule has 0 N–H and O–H groups in total. The lowest BCUT2D eigenvalue weighted by molar-refractivity contribution is 0.0516. The van der Waals surface area contributed by atoms with Crippen LogP contribution < -0.4 is 4.74 Å². The van der Waals surface area contributed by atoms with Gasteiger partial charge in [0, 0.05) is 13.2 Å². The zero-order valence-corrected chi connectivity index (χ0v) is 11.3. The molecule has 19 heavy (non-hydrogen) atoms. The van der Waals surface area contributed by atoms with Gasteiger partial charge in [-0.25, -0.2) is 4.79 Å². The highest BCUT2D eigenvalue weighted by atomic mass is 16.5. The Morgan fingerprint density at radius 3 is 2.53 bits per heavy atom. The molecule has 0 fully saturated rings. The number of ether oxygens (including phenoxy) is 2. The molecule has 1 aromatic heterocycles. The van der Waals surface area contributed by atoms with Crippen molar-refractivity contribution in [1.82, 2.24) is 4.57 Å². The second-order valence-corrected chi connectivity index (χ2v) is 4.12. The summed E-state index contributed by atoms with van der Waals surface area (Å²) in [5.41, 5.74) is 2.21. The van der Waals surface area contributed by atoms with Gasteiger partial charge in [-0.1, -0.05) is 30.3 Å². The average molecular weight is 259 g/mol. The fraction of sp³-hybridized carbons (Fsp3) is 0.267. The summed E-state index contributed by atoms with van der Waals surface area (Å²) in [6.45, 7) is 2.14. The van der Waals surface area contributed by atoms with E-state index in [4.69, 9.17) is 9.47 Å². The van der Waals surface area contributed by atoms with Gasteiger partial charge >= 0.3 is 5.97 Å². The lowest BCUT2D eigenvalue weighted by atomic mass is 10.1. The van der Waals surface area contributed by atoms with E-state index in [0.717, 1.165) is 11.1 Å². The molecule has 0 saturated heterocycles. The normalized spacial score (nSPS) is 10.3. The minimum atomic E-state index is -0.341. The zero-order chi connectivity index (χ0) is 13.8. The average Bonchev–Trinajstić information content (AvgIpc) is 2.77. The number of hydrogen-bond acceptors (Lipinski definition) is 3. The zero-order valence-electron chi connectivity index (χ0n) is 11.3. The summed E-state index contributed by atoms with van der Waals surface area (Å²) in [5, 5.41) is 0. The number of benzene rings is 1. The van der Waals surface area contributed by atoms with Gasteiger partial charge in [-0.15, -0.1) is 0 Å². The number of methoxy groups -OCH3 is 1. The number of hydrogen-bond donors (Lipinski definition) is 0. The number of rotatable bonds is 4. The van der Waals surface area contributed by atoms with Crippen LogP contribution in [0.3, 0.4) is 0 Å². The molecule has 0 saturated carbocycles. The Kier molecular flexibility index (Phi) is 3.90. The molecule has 0 spiro atoms.